The highest BCUT2D eigenvalue weighted by molar-refractivity contribution is 5.92. The van der Waals surface area contributed by atoms with Gasteiger partial charge in [0.25, 0.3) is 5.91 Å². The fourth-order valence-corrected chi connectivity index (χ4v) is 2.22. The number of hydrogen-bond acceptors (Lipinski definition) is 4. The largest absolute Gasteiger partial charge is 0.380 e. The molecule has 1 aromatic rings. The number of likely N-dealkylation sites (tertiary alicyclic amines) is 1. The van der Waals surface area contributed by atoms with Crippen molar-refractivity contribution >= 4 is 5.91 Å². The summed E-state index contributed by atoms with van der Waals surface area (Å²) in [6.45, 7) is 2.65. The molecule has 1 unspecified atom stereocenters. The molecule has 0 aliphatic carbocycles. The zero-order valence-corrected chi connectivity index (χ0v) is 10.7. The van der Waals surface area contributed by atoms with E-state index in [4.69, 9.17) is 10.5 Å². The van der Waals surface area contributed by atoms with Gasteiger partial charge in [-0.1, -0.05) is 0 Å². The quantitative estimate of drug-likeness (QED) is 0.824. The first-order valence-corrected chi connectivity index (χ1v) is 6.28. The molecule has 100 valence electrons. The number of methoxy groups -OCH3 is 1. The molecule has 1 aliphatic heterocycles. The van der Waals surface area contributed by atoms with Crippen LogP contribution in [0.15, 0.2) is 12.5 Å². The molecule has 18 heavy (non-hydrogen) atoms. The van der Waals surface area contributed by atoms with Gasteiger partial charge in [-0.25, -0.2) is 4.98 Å². The third kappa shape index (κ3) is 2.88. The van der Waals surface area contributed by atoms with Gasteiger partial charge in [-0.15, -0.1) is 0 Å². The number of rotatable bonds is 4. The van der Waals surface area contributed by atoms with Crippen LogP contribution in [0.3, 0.4) is 0 Å². The third-order valence-electron chi connectivity index (χ3n) is 3.24. The summed E-state index contributed by atoms with van der Waals surface area (Å²) >= 11 is 0. The standard InChI is InChI=1S/C12H20N4O2/c1-18-10-3-2-5-16(7-10)12(17)11-8-15(6-4-13)9-14-11/h8-10H,2-7,13H2,1H3. The topological polar surface area (TPSA) is 73.4 Å². The molecule has 1 fully saturated rings. The van der Waals surface area contributed by atoms with Crippen molar-refractivity contribution in [3.05, 3.63) is 18.2 Å². The molecule has 6 heteroatoms. The van der Waals surface area contributed by atoms with Crippen LogP contribution in [0.25, 0.3) is 0 Å². The van der Waals surface area contributed by atoms with E-state index in [1.807, 2.05) is 9.47 Å². The van der Waals surface area contributed by atoms with Gasteiger partial charge in [0.05, 0.1) is 12.4 Å². The summed E-state index contributed by atoms with van der Waals surface area (Å²) in [5.41, 5.74) is 5.95. The van der Waals surface area contributed by atoms with E-state index in [1.54, 1.807) is 19.6 Å². The Morgan fingerprint density at radius 1 is 1.67 bits per heavy atom. The lowest BCUT2D eigenvalue weighted by Gasteiger charge is -2.31. The summed E-state index contributed by atoms with van der Waals surface area (Å²) in [6, 6.07) is 0. The molecule has 2 rings (SSSR count). The smallest absolute Gasteiger partial charge is 0.274 e. The minimum atomic E-state index is -0.0208. The lowest BCUT2D eigenvalue weighted by atomic mass is 10.1. The molecule has 0 bridgehead atoms. The molecule has 1 aromatic heterocycles. The molecule has 0 aromatic carbocycles. The van der Waals surface area contributed by atoms with Crippen molar-refractivity contribution in [3.63, 3.8) is 0 Å². The fraction of sp³-hybridized carbons (Fsp3) is 0.667. The number of piperidine rings is 1. The summed E-state index contributed by atoms with van der Waals surface area (Å²) in [7, 11) is 1.69. The van der Waals surface area contributed by atoms with Crippen LogP contribution in [0.2, 0.25) is 0 Å². The van der Waals surface area contributed by atoms with E-state index >= 15 is 0 Å². The number of nitrogens with two attached hydrogens (primary N) is 1. The predicted molar refractivity (Wildman–Crippen MR) is 67.2 cm³/mol. The zero-order chi connectivity index (χ0) is 13.0. The van der Waals surface area contributed by atoms with Crippen LogP contribution in [0.1, 0.15) is 23.3 Å². The second kappa shape index (κ2) is 5.97. The molecule has 1 amide bonds. The molecular formula is C12H20N4O2. The molecule has 1 saturated heterocycles. The number of ether oxygens (including phenoxy) is 1. The Morgan fingerprint density at radius 2 is 2.50 bits per heavy atom. The molecule has 2 heterocycles. The third-order valence-corrected chi connectivity index (χ3v) is 3.24. The van der Waals surface area contributed by atoms with Crippen molar-refractivity contribution in [2.75, 3.05) is 26.7 Å². The Hall–Kier alpha value is -1.40. The summed E-state index contributed by atoms with van der Waals surface area (Å²) in [5.74, 6) is -0.0208. The maximum Gasteiger partial charge on any atom is 0.274 e. The normalized spacial score (nSPS) is 20.1. The van der Waals surface area contributed by atoms with Gasteiger partial charge < -0.3 is 19.9 Å². The highest BCUT2D eigenvalue weighted by Crippen LogP contribution is 2.14. The van der Waals surface area contributed by atoms with Gasteiger partial charge in [0.15, 0.2) is 0 Å². The maximum absolute atomic E-state index is 12.2. The number of carbonyl (C=O) groups is 1. The number of aromatic nitrogens is 2. The van der Waals surface area contributed by atoms with Crippen molar-refractivity contribution < 1.29 is 9.53 Å². The fourth-order valence-electron chi connectivity index (χ4n) is 2.22. The van der Waals surface area contributed by atoms with Gasteiger partial charge in [0.1, 0.15) is 5.69 Å². The van der Waals surface area contributed by atoms with Crippen LogP contribution < -0.4 is 5.73 Å². The monoisotopic (exact) mass is 252 g/mol. The van der Waals surface area contributed by atoms with Gasteiger partial charge in [-0.2, -0.15) is 0 Å². The van der Waals surface area contributed by atoms with E-state index in [1.165, 1.54) is 0 Å². The number of nitrogens with zero attached hydrogens (tertiary/aromatic N) is 3. The number of carbonyl (C=O) groups excluding carboxylic acids is 1. The van der Waals surface area contributed by atoms with Crippen molar-refractivity contribution in [1.82, 2.24) is 14.5 Å². The summed E-state index contributed by atoms with van der Waals surface area (Å²) < 4.78 is 7.15. The van der Waals surface area contributed by atoms with Crippen molar-refractivity contribution in [2.45, 2.75) is 25.5 Å². The van der Waals surface area contributed by atoms with Gasteiger partial charge in [0, 0.05) is 39.5 Å². The summed E-state index contributed by atoms with van der Waals surface area (Å²) in [4.78, 5) is 18.2. The first-order valence-electron chi connectivity index (χ1n) is 6.28. The minimum absolute atomic E-state index is 0.0208. The zero-order valence-electron chi connectivity index (χ0n) is 10.7. The Balaban J connectivity index is 2.00. The molecule has 1 aliphatic rings. The van der Waals surface area contributed by atoms with E-state index < -0.39 is 0 Å². The molecule has 2 N–H and O–H groups in total. The lowest BCUT2D eigenvalue weighted by molar-refractivity contribution is 0.0266. The van der Waals surface area contributed by atoms with Gasteiger partial charge >= 0.3 is 0 Å². The average Bonchev–Trinajstić information content (AvgIpc) is 2.87. The predicted octanol–water partition coefficient (Wildman–Crippen LogP) is 0.0928. The first-order chi connectivity index (χ1) is 8.74. The second-order valence-corrected chi connectivity index (χ2v) is 4.54. The van der Waals surface area contributed by atoms with E-state index in [9.17, 15) is 4.79 Å². The van der Waals surface area contributed by atoms with Gasteiger partial charge in [-0.05, 0) is 12.8 Å². The van der Waals surface area contributed by atoms with Crippen LogP contribution in [-0.2, 0) is 11.3 Å². The van der Waals surface area contributed by atoms with E-state index in [0.717, 1.165) is 19.4 Å². The molecular weight excluding hydrogens is 232 g/mol. The number of amides is 1. The van der Waals surface area contributed by atoms with E-state index in [-0.39, 0.29) is 12.0 Å². The van der Waals surface area contributed by atoms with Crippen molar-refractivity contribution in [2.24, 2.45) is 5.73 Å². The van der Waals surface area contributed by atoms with E-state index in [0.29, 0.717) is 25.3 Å². The SMILES string of the molecule is COC1CCCN(C(=O)c2cn(CCN)cn2)C1. The summed E-state index contributed by atoms with van der Waals surface area (Å²) in [5, 5.41) is 0. The maximum atomic E-state index is 12.2. The highest BCUT2D eigenvalue weighted by atomic mass is 16.5. The molecule has 6 nitrogen and oxygen atoms in total. The van der Waals surface area contributed by atoms with Gasteiger partial charge in [-0.3, -0.25) is 4.79 Å². The van der Waals surface area contributed by atoms with Crippen LogP contribution in [-0.4, -0.2) is 53.2 Å². The highest BCUT2D eigenvalue weighted by Gasteiger charge is 2.25. The molecule has 0 saturated carbocycles. The Bertz CT molecular complexity index is 405. The Morgan fingerprint density at radius 3 is 3.22 bits per heavy atom. The minimum Gasteiger partial charge on any atom is -0.380 e. The van der Waals surface area contributed by atoms with Crippen molar-refractivity contribution in [3.8, 4) is 0 Å². The van der Waals surface area contributed by atoms with Crippen LogP contribution >= 0.6 is 0 Å². The first kappa shape index (κ1) is 13.0. The Kier molecular flexibility index (Phi) is 4.33. The van der Waals surface area contributed by atoms with Crippen LogP contribution in [0, 0.1) is 0 Å². The Labute approximate surface area is 107 Å². The summed E-state index contributed by atoms with van der Waals surface area (Å²) in [6.07, 6.45) is 5.55. The average molecular weight is 252 g/mol. The van der Waals surface area contributed by atoms with Crippen molar-refractivity contribution in [1.29, 1.82) is 0 Å². The molecule has 1 atom stereocenters. The lowest BCUT2D eigenvalue weighted by Crippen LogP contribution is -2.43. The second-order valence-electron chi connectivity index (χ2n) is 4.54. The molecule has 0 spiro atoms. The molecule has 0 radical (unpaired) electrons. The van der Waals surface area contributed by atoms with E-state index in [2.05, 4.69) is 4.98 Å². The number of hydrogen-bond donors (Lipinski definition) is 1. The van der Waals surface area contributed by atoms with Crippen LogP contribution in [0.5, 0.6) is 0 Å². The van der Waals surface area contributed by atoms with Crippen LogP contribution in [0.4, 0.5) is 0 Å². The number of imidazole rings is 1. The van der Waals surface area contributed by atoms with Gasteiger partial charge in [0.2, 0.25) is 0 Å².